The van der Waals surface area contributed by atoms with E-state index < -0.39 is 0 Å². The van der Waals surface area contributed by atoms with Crippen LogP contribution in [0, 0.1) is 5.92 Å². The number of nitrogens with one attached hydrogen (secondary N) is 1. The third-order valence-electron chi connectivity index (χ3n) is 4.47. The zero-order valence-corrected chi connectivity index (χ0v) is 14.7. The molecule has 5 heteroatoms. The van der Waals surface area contributed by atoms with E-state index in [0.717, 1.165) is 24.0 Å². The largest absolute Gasteiger partial charge is 0.377 e. The van der Waals surface area contributed by atoms with Gasteiger partial charge in [-0.2, -0.15) is 0 Å². The van der Waals surface area contributed by atoms with Crippen molar-refractivity contribution in [2.75, 3.05) is 6.61 Å². The van der Waals surface area contributed by atoms with Gasteiger partial charge in [-0.3, -0.25) is 4.79 Å². The van der Waals surface area contributed by atoms with E-state index in [-0.39, 0.29) is 24.4 Å². The highest BCUT2D eigenvalue weighted by atomic mass is 35.5. The topological polar surface area (TPSA) is 64.3 Å². The van der Waals surface area contributed by atoms with Gasteiger partial charge in [0.15, 0.2) is 0 Å². The molecule has 1 aromatic carbocycles. The molecule has 1 aromatic rings. The minimum Gasteiger partial charge on any atom is -0.377 e. The zero-order valence-electron chi connectivity index (χ0n) is 13.9. The van der Waals surface area contributed by atoms with Gasteiger partial charge in [0.05, 0.1) is 6.61 Å². The number of halogens is 1. The van der Waals surface area contributed by atoms with Crippen LogP contribution in [0.5, 0.6) is 0 Å². The average Bonchev–Trinajstić information content (AvgIpc) is 2.54. The van der Waals surface area contributed by atoms with Gasteiger partial charge in [0.2, 0.25) is 5.91 Å². The minimum absolute atomic E-state index is 0. The molecule has 1 aliphatic rings. The van der Waals surface area contributed by atoms with Crippen molar-refractivity contribution in [2.24, 2.45) is 11.7 Å². The van der Waals surface area contributed by atoms with Crippen molar-refractivity contribution in [3.63, 3.8) is 0 Å². The summed E-state index contributed by atoms with van der Waals surface area (Å²) in [6.45, 7) is 3.83. The van der Waals surface area contributed by atoms with Gasteiger partial charge in [-0.05, 0) is 36.8 Å². The summed E-state index contributed by atoms with van der Waals surface area (Å²) in [5.74, 6) is 0.445. The maximum Gasteiger partial charge on any atom is 0.220 e. The summed E-state index contributed by atoms with van der Waals surface area (Å²) in [6.07, 6.45) is 5.08. The summed E-state index contributed by atoms with van der Waals surface area (Å²) >= 11 is 0. The highest BCUT2D eigenvalue weighted by Crippen LogP contribution is 2.25. The monoisotopic (exact) mass is 340 g/mol. The maximum atomic E-state index is 12.2. The number of nitrogens with two attached hydrogens (primary N) is 1. The molecular weight excluding hydrogens is 312 g/mol. The van der Waals surface area contributed by atoms with Gasteiger partial charge < -0.3 is 15.8 Å². The molecule has 0 aliphatic heterocycles. The van der Waals surface area contributed by atoms with Gasteiger partial charge >= 0.3 is 0 Å². The van der Waals surface area contributed by atoms with Crippen molar-refractivity contribution in [3.05, 3.63) is 35.4 Å². The molecule has 1 aliphatic carbocycles. The van der Waals surface area contributed by atoms with Crippen molar-refractivity contribution in [2.45, 2.75) is 58.2 Å². The van der Waals surface area contributed by atoms with Gasteiger partial charge in [-0.1, -0.05) is 37.1 Å². The molecule has 130 valence electrons. The lowest BCUT2D eigenvalue weighted by atomic mass is 9.83. The van der Waals surface area contributed by atoms with Gasteiger partial charge in [0.25, 0.3) is 0 Å². The highest BCUT2D eigenvalue weighted by Gasteiger charge is 2.23. The quantitative estimate of drug-likeness (QED) is 0.801. The van der Waals surface area contributed by atoms with Crippen LogP contribution in [0.3, 0.4) is 0 Å². The molecule has 2 atom stereocenters. The Morgan fingerprint density at radius 2 is 1.96 bits per heavy atom. The third-order valence-corrected chi connectivity index (χ3v) is 4.47. The fourth-order valence-electron chi connectivity index (χ4n) is 3.08. The van der Waals surface area contributed by atoms with Gasteiger partial charge in [0, 0.05) is 25.6 Å². The third kappa shape index (κ3) is 6.50. The van der Waals surface area contributed by atoms with E-state index in [2.05, 4.69) is 5.32 Å². The molecule has 4 nitrogen and oxygen atoms in total. The van der Waals surface area contributed by atoms with E-state index in [4.69, 9.17) is 10.5 Å². The Balaban J connectivity index is 0.00000264. The van der Waals surface area contributed by atoms with E-state index in [1.165, 1.54) is 12.8 Å². The standard InChI is InChI=1S/C18H28N2O2.ClH/c1-2-22-13-16-9-4-3-8-15(16)12-20-18(21)11-14-7-5-6-10-17(14)19;/h3-4,8-9,14,17H,2,5-7,10-13,19H2,1H3,(H,20,21);1H. The van der Waals surface area contributed by atoms with E-state index in [1.807, 2.05) is 31.2 Å². The fraction of sp³-hybridized carbons (Fsp3) is 0.611. The van der Waals surface area contributed by atoms with Crippen LogP contribution >= 0.6 is 12.4 Å². The Morgan fingerprint density at radius 1 is 1.26 bits per heavy atom. The van der Waals surface area contributed by atoms with Crippen molar-refractivity contribution >= 4 is 18.3 Å². The van der Waals surface area contributed by atoms with Crippen LogP contribution in [0.4, 0.5) is 0 Å². The lowest BCUT2D eigenvalue weighted by Gasteiger charge is -2.28. The molecule has 0 aromatic heterocycles. The molecule has 1 fully saturated rings. The first-order valence-corrected chi connectivity index (χ1v) is 8.37. The molecule has 0 heterocycles. The SMILES string of the molecule is CCOCc1ccccc1CNC(=O)CC1CCCCC1N.Cl. The van der Waals surface area contributed by atoms with Crippen LogP contribution < -0.4 is 11.1 Å². The van der Waals surface area contributed by atoms with Gasteiger partial charge in [-0.15, -0.1) is 12.4 Å². The lowest BCUT2D eigenvalue weighted by molar-refractivity contribution is -0.122. The predicted molar refractivity (Wildman–Crippen MR) is 95.4 cm³/mol. The van der Waals surface area contributed by atoms with Crippen molar-refractivity contribution in [1.82, 2.24) is 5.32 Å². The minimum atomic E-state index is 0. The Kier molecular flexibility index (Phi) is 9.22. The molecule has 2 unspecified atom stereocenters. The molecule has 1 saturated carbocycles. The first-order chi connectivity index (χ1) is 10.7. The van der Waals surface area contributed by atoms with E-state index >= 15 is 0 Å². The smallest absolute Gasteiger partial charge is 0.220 e. The van der Waals surface area contributed by atoms with Crippen molar-refractivity contribution in [1.29, 1.82) is 0 Å². The lowest BCUT2D eigenvalue weighted by Crippen LogP contribution is -2.37. The second-order valence-electron chi connectivity index (χ2n) is 6.10. The molecule has 3 N–H and O–H groups in total. The number of amides is 1. The Bertz CT molecular complexity index is 482. The van der Waals surface area contributed by atoms with Crippen LogP contribution in [-0.4, -0.2) is 18.6 Å². The number of ether oxygens (including phenoxy) is 1. The first-order valence-electron chi connectivity index (χ1n) is 8.37. The van der Waals surface area contributed by atoms with Crippen LogP contribution in [-0.2, 0) is 22.7 Å². The van der Waals surface area contributed by atoms with Crippen LogP contribution in [0.1, 0.15) is 50.2 Å². The molecule has 0 spiro atoms. The van der Waals surface area contributed by atoms with E-state index in [0.29, 0.717) is 32.1 Å². The fourth-order valence-corrected chi connectivity index (χ4v) is 3.08. The number of carbonyl (C=O) groups excluding carboxylic acids is 1. The zero-order chi connectivity index (χ0) is 15.8. The van der Waals surface area contributed by atoms with Gasteiger partial charge in [0.1, 0.15) is 0 Å². The average molecular weight is 341 g/mol. The van der Waals surface area contributed by atoms with Crippen molar-refractivity contribution in [3.8, 4) is 0 Å². The van der Waals surface area contributed by atoms with Crippen molar-refractivity contribution < 1.29 is 9.53 Å². The number of benzene rings is 1. The van der Waals surface area contributed by atoms with Crippen LogP contribution in [0.25, 0.3) is 0 Å². The first kappa shape index (κ1) is 19.9. The summed E-state index contributed by atoms with van der Waals surface area (Å²) in [6, 6.07) is 8.27. The summed E-state index contributed by atoms with van der Waals surface area (Å²) in [5.41, 5.74) is 8.38. The second kappa shape index (κ2) is 10.6. The summed E-state index contributed by atoms with van der Waals surface area (Å²) in [7, 11) is 0. The Labute approximate surface area is 145 Å². The Morgan fingerprint density at radius 3 is 2.65 bits per heavy atom. The number of hydrogen-bond acceptors (Lipinski definition) is 3. The maximum absolute atomic E-state index is 12.2. The highest BCUT2D eigenvalue weighted by molar-refractivity contribution is 5.85. The molecule has 0 saturated heterocycles. The predicted octanol–water partition coefficient (Wildman–Crippen LogP) is 3.17. The van der Waals surface area contributed by atoms with Crippen LogP contribution in [0.15, 0.2) is 24.3 Å². The summed E-state index contributed by atoms with van der Waals surface area (Å²) in [4.78, 5) is 12.2. The summed E-state index contributed by atoms with van der Waals surface area (Å²) < 4.78 is 5.47. The molecule has 1 amide bonds. The molecule has 0 bridgehead atoms. The number of hydrogen-bond donors (Lipinski definition) is 2. The van der Waals surface area contributed by atoms with Crippen LogP contribution in [0.2, 0.25) is 0 Å². The van der Waals surface area contributed by atoms with E-state index in [1.54, 1.807) is 0 Å². The van der Waals surface area contributed by atoms with E-state index in [9.17, 15) is 4.79 Å². The molecule has 2 rings (SSSR count). The normalized spacial score (nSPS) is 20.6. The Hall–Kier alpha value is -1.10. The summed E-state index contributed by atoms with van der Waals surface area (Å²) in [5, 5.41) is 3.03. The molecular formula is C18H29ClN2O2. The number of rotatable bonds is 7. The molecule has 23 heavy (non-hydrogen) atoms. The van der Waals surface area contributed by atoms with Gasteiger partial charge in [-0.25, -0.2) is 0 Å². The number of carbonyl (C=O) groups is 1. The molecule has 0 radical (unpaired) electrons. The second-order valence-corrected chi connectivity index (χ2v) is 6.10.